The Morgan fingerprint density at radius 3 is 2.82 bits per heavy atom. The van der Waals surface area contributed by atoms with Gasteiger partial charge in [-0.25, -0.2) is 4.98 Å². The first-order chi connectivity index (χ1) is 10.7. The van der Waals surface area contributed by atoms with E-state index in [0.717, 1.165) is 31.4 Å². The summed E-state index contributed by atoms with van der Waals surface area (Å²) in [4.78, 5) is 28.6. The average Bonchev–Trinajstić information content (AvgIpc) is 3.15. The molecular formula is C16H24N4O2. The number of fused-ring (bicyclic) bond motifs is 1. The molecule has 3 rings (SSSR count). The predicted octanol–water partition coefficient (Wildman–Crippen LogP) is 1.25. The highest BCUT2D eigenvalue weighted by Crippen LogP contribution is 2.24. The van der Waals surface area contributed by atoms with Crippen LogP contribution in [0.4, 0.5) is 0 Å². The number of carbonyl (C=O) groups excluding carboxylic acids is 2. The second kappa shape index (κ2) is 6.50. The summed E-state index contributed by atoms with van der Waals surface area (Å²) in [6.45, 7) is 3.11. The number of aromatic nitrogens is 2. The molecule has 2 N–H and O–H groups in total. The molecule has 1 aliphatic carbocycles. The molecule has 1 aromatic rings. The van der Waals surface area contributed by atoms with Crippen molar-refractivity contribution in [3.8, 4) is 0 Å². The van der Waals surface area contributed by atoms with Gasteiger partial charge in [-0.3, -0.25) is 9.59 Å². The fourth-order valence-corrected chi connectivity index (χ4v) is 3.50. The second-order valence-electron chi connectivity index (χ2n) is 6.28. The van der Waals surface area contributed by atoms with Gasteiger partial charge in [0.05, 0.1) is 17.9 Å². The van der Waals surface area contributed by atoms with Crippen LogP contribution in [0.1, 0.15) is 55.2 Å². The number of rotatable bonds is 4. The maximum absolute atomic E-state index is 12.4. The largest absolute Gasteiger partial charge is 0.353 e. The van der Waals surface area contributed by atoms with Crippen LogP contribution < -0.4 is 10.6 Å². The summed E-state index contributed by atoms with van der Waals surface area (Å²) >= 11 is 0. The van der Waals surface area contributed by atoms with Crippen molar-refractivity contribution in [2.24, 2.45) is 5.92 Å². The first-order valence-electron chi connectivity index (χ1n) is 8.31. The maximum Gasteiger partial charge on any atom is 0.271 e. The van der Waals surface area contributed by atoms with Crippen molar-refractivity contribution in [2.75, 3.05) is 6.54 Å². The van der Waals surface area contributed by atoms with Crippen LogP contribution in [-0.4, -0.2) is 34.0 Å². The van der Waals surface area contributed by atoms with E-state index in [1.165, 1.54) is 12.8 Å². The normalized spacial score (nSPS) is 21.4. The Kier molecular flexibility index (Phi) is 4.45. The lowest BCUT2D eigenvalue weighted by atomic mass is 9.95. The van der Waals surface area contributed by atoms with Gasteiger partial charge in [-0.1, -0.05) is 12.8 Å². The number of carbonyl (C=O) groups is 2. The van der Waals surface area contributed by atoms with Gasteiger partial charge < -0.3 is 15.2 Å². The van der Waals surface area contributed by atoms with E-state index in [1.54, 1.807) is 6.33 Å². The Labute approximate surface area is 130 Å². The van der Waals surface area contributed by atoms with Crippen LogP contribution in [-0.2, 0) is 17.8 Å². The Balaban J connectivity index is 1.64. The van der Waals surface area contributed by atoms with Gasteiger partial charge in [-0.15, -0.1) is 0 Å². The van der Waals surface area contributed by atoms with Crippen molar-refractivity contribution in [3.05, 3.63) is 17.7 Å². The monoisotopic (exact) mass is 304 g/mol. The van der Waals surface area contributed by atoms with Crippen molar-refractivity contribution >= 4 is 11.8 Å². The summed E-state index contributed by atoms with van der Waals surface area (Å²) in [6.07, 6.45) is 7.86. The lowest BCUT2D eigenvalue weighted by molar-refractivity contribution is -0.126. The third kappa shape index (κ3) is 3.00. The zero-order valence-electron chi connectivity index (χ0n) is 13.1. The van der Waals surface area contributed by atoms with E-state index < -0.39 is 0 Å². The molecule has 0 spiro atoms. The standard InChI is InChI=1S/C16H24N4O2/c1-2-17-16(22)14-13-8-7-11(9-20(13)10-18-14)15(21)19-12-5-3-4-6-12/h10-12H,2-9H2,1H3,(H,17,22)(H,19,21). The minimum atomic E-state index is -0.120. The van der Waals surface area contributed by atoms with E-state index in [0.29, 0.717) is 24.8 Å². The van der Waals surface area contributed by atoms with E-state index in [4.69, 9.17) is 0 Å². The molecule has 2 amide bonds. The zero-order valence-corrected chi connectivity index (χ0v) is 13.1. The van der Waals surface area contributed by atoms with Crippen molar-refractivity contribution in [1.29, 1.82) is 0 Å². The molecule has 0 saturated heterocycles. The molecule has 6 nitrogen and oxygen atoms in total. The van der Waals surface area contributed by atoms with E-state index in [2.05, 4.69) is 15.6 Å². The molecular weight excluding hydrogens is 280 g/mol. The highest BCUT2D eigenvalue weighted by atomic mass is 16.2. The minimum absolute atomic E-state index is 0.00983. The molecule has 2 aliphatic rings. The number of amides is 2. The summed E-state index contributed by atoms with van der Waals surface area (Å²) in [7, 11) is 0. The molecule has 1 fully saturated rings. The predicted molar refractivity (Wildman–Crippen MR) is 82.4 cm³/mol. The van der Waals surface area contributed by atoms with E-state index in [9.17, 15) is 9.59 Å². The summed E-state index contributed by atoms with van der Waals surface area (Å²) in [5, 5.41) is 5.96. The Morgan fingerprint density at radius 1 is 1.32 bits per heavy atom. The Bertz CT molecular complexity index is 560. The summed E-state index contributed by atoms with van der Waals surface area (Å²) in [6, 6.07) is 0.363. The van der Waals surface area contributed by atoms with Crippen molar-refractivity contribution in [1.82, 2.24) is 20.2 Å². The summed E-state index contributed by atoms with van der Waals surface area (Å²) in [5.74, 6) is 0.0281. The third-order valence-corrected chi connectivity index (χ3v) is 4.72. The molecule has 1 unspecified atom stereocenters. The van der Waals surface area contributed by atoms with Gasteiger partial charge in [0.15, 0.2) is 0 Å². The molecule has 0 bridgehead atoms. The number of nitrogens with zero attached hydrogens (tertiary/aromatic N) is 2. The number of hydrogen-bond acceptors (Lipinski definition) is 3. The van der Waals surface area contributed by atoms with Gasteiger partial charge in [-0.05, 0) is 32.6 Å². The first kappa shape index (κ1) is 15.1. The van der Waals surface area contributed by atoms with E-state index >= 15 is 0 Å². The fourth-order valence-electron chi connectivity index (χ4n) is 3.50. The van der Waals surface area contributed by atoms with Crippen LogP contribution in [0.15, 0.2) is 6.33 Å². The van der Waals surface area contributed by atoms with Crippen LogP contribution >= 0.6 is 0 Å². The first-order valence-corrected chi connectivity index (χ1v) is 8.31. The van der Waals surface area contributed by atoms with Gasteiger partial charge >= 0.3 is 0 Å². The quantitative estimate of drug-likeness (QED) is 0.879. The fraction of sp³-hybridized carbons (Fsp3) is 0.688. The molecule has 0 aromatic carbocycles. The molecule has 1 aromatic heterocycles. The Hall–Kier alpha value is -1.85. The highest BCUT2D eigenvalue weighted by Gasteiger charge is 2.29. The molecule has 1 atom stereocenters. The van der Waals surface area contributed by atoms with Crippen LogP contribution in [0.3, 0.4) is 0 Å². The molecule has 6 heteroatoms. The topological polar surface area (TPSA) is 76.0 Å². The van der Waals surface area contributed by atoms with E-state index in [-0.39, 0.29) is 17.7 Å². The number of imidazole rings is 1. The Morgan fingerprint density at radius 2 is 2.09 bits per heavy atom. The van der Waals surface area contributed by atoms with Crippen molar-refractivity contribution < 1.29 is 9.59 Å². The maximum atomic E-state index is 12.4. The van der Waals surface area contributed by atoms with Crippen molar-refractivity contribution in [3.63, 3.8) is 0 Å². The lowest BCUT2D eigenvalue weighted by Crippen LogP contribution is -2.40. The molecule has 22 heavy (non-hydrogen) atoms. The van der Waals surface area contributed by atoms with Crippen molar-refractivity contribution in [2.45, 2.75) is 58.0 Å². The molecule has 1 aliphatic heterocycles. The smallest absolute Gasteiger partial charge is 0.271 e. The SMILES string of the molecule is CCNC(=O)c1ncn2c1CCC(C(=O)NC1CCCC1)C2. The lowest BCUT2D eigenvalue weighted by Gasteiger charge is -2.25. The van der Waals surface area contributed by atoms with Gasteiger partial charge in [0, 0.05) is 19.1 Å². The second-order valence-corrected chi connectivity index (χ2v) is 6.28. The van der Waals surface area contributed by atoms with Crippen LogP contribution in [0, 0.1) is 5.92 Å². The van der Waals surface area contributed by atoms with Gasteiger partial charge in [0.25, 0.3) is 5.91 Å². The van der Waals surface area contributed by atoms with Crippen LogP contribution in [0.2, 0.25) is 0 Å². The highest BCUT2D eigenvalue weighted by molar-refractivity contribution is 5.93. The van der Waals surface area contributed by atoms with Crippen LogP contribution in [0.5, 0.6) is 0 Å². The van der Waals surface area contributed by atoms with Gasteiger partial charge in [0.2, 0.25) is 5.91 Å². The zero-order chi connectivity index (χ0) is 15.5. The average molecular weight is 304 g/mol. The van der Waals surface area contributed by atoms with Crippen LogP contribution in [0.25, 0.3) is 0 Å². The molecule has 0 radical (unpaired) electrons. The number of nitrogens with one attached hydrogen (secondary N) is 2. The molecule has 1 saturated carbocycles. The summed E-state index contributed by atoms with van der Waals surface area (Å²) in [5.41, 5.74) is 1.47. The minimum Gasteiger partial charge on any atom is -0.353 e. The third-order valence-electron chi connectivity index (χ3n) is 4.72. The molecule has 120 valence electrons. The summed E-state index contributed by atoms with van der Waals surface area (Å²) < 4.78 is 1.97. The molecule has 2 heterocycles. The number of hydrogen-bond donors (Lipinski definition) is 2. The van der Waals surface area contributed by atoms with Gasteiger partial charge in [-0.2, -0.15) is 0 Å². The van der Waals surface area contributed by atoms with Gasteiger partial charge in [0.1, 0.15) is 5.69 Å². The van der Waals surface area contributed by atoms with E-state index in [1.807, 2.05) is 11.5 Å².